The molecule has 0 spiro atoms. The lowest BCUT2D eigenvalue weighted by Crippen LogP contribution is -2.42. The summed E-state index contributed by atoms with van der Waals surface area (Å²) in [4.78, 5) is 0. The molecular formula is C13H18F2N2O2S. The van der Waals surface area contributed by atoms with Crippen LogP contribution >= 0.6 is 0 Å². The Morgan fingerprint density at radius 3 is 2.75 bits per heavy atom. The molecule has 1 aliphatic rings. The van der Waals surface area contributed by atoms with Crippen LogP contribution in [0.5, 0.6) is 0 Å². The summed E-state index contributed by atoms with van der Waals surface area (Å²) in [5, 5.41) is 3.32. The lowest BCUT2D eigenvalue weighted by atomic mass is 9.98. The zero-order valence-corrected chi connectivity index (χ0v) is 12.0. The van der Waals surface area contributed by atoms with Crippen molar-refractivity contribution in [2.45, 2.75) is 31.6 Å². The predicted octanol–water partition coefficient (Wildman–Crippen LogP) is 2.49. The fourth-order valence-corrected chi connectivity index (χ4v) is 3.42. The molecule has 0 saturated carbocycles. The highest BCUT2D eigenvalue weighted by atomic mass is 32.2. The number of hydrogen-bond acceptors (Lipinski definition) is 3. The minimum absolute atomic E-state index is 0.00951. The van der Waals surface area contributed by atoms with E-state index in [9.17, 15) is 17.2 Å². The van der Waals surface area contributed by atoms with E-state index in [1.54, 1.807) is 24.3 Å². The molecule has 112 valence electrons. The lowest BCUT2D eigenvalue weighted by Gasteiger charge is -2.35. The van der Waals surface area contributed by atoms with Crippen LogP contribution in [0.25, 0.3) is 0 Å². The maximum atomic E-state index is 12.7. The fraction of sp³-hybridized carbons (Fsp3) is 0.538. The van der Waals surface area contributed by atoms with Crippen LogP contribution in [0.3, 0.4) is 0 Å². The number of benzene rings is 1. The first kappa shape index (κ1) is 15.2. The molecule has 7 heteroatoms. The third kappa shape index (κ3) is 2.78. The number of nitrogens with zero attached hydrogens (tertiary/aromatic N) is 1. The first-order valence-corrected chi connectivity index (χ1v) is 8.10. The normalized spacial score (nSPS) is 19.2. The van der Waals surface area contributed by atoms with Gasteiger partial charge in [0, 0.05) is 12.6 Å². The van der Waals surface area contributed by atoms with Gasteiger partial charge in [-0.15, -0.1) is 0 Å². The Kier molecular flexibility index (Phi) is 4.59. The van der Waals surface area contributed by atoms with Gasteiger partial charge in [-0.05, 0) is 31.0 Å². The number of nitrogens with one attached hydrogen (secondary N) is 1. The molecule has 1 heterocycles. The Hall–Kier alpha value is -1.21. The number of hydrogen-bond donors (Lipinski definition) is 1. The molecule has 1 aromatic rings. The van der Waals surface area contributed by atoms with Gasteiger partial charge in [-0.25, -0.2) is 8.42 Å². The van der Waals surface area contributed by atoms with Crippen molar-refractivity contribution in [2.24, 2.45) is 0 Å². The van der Waals surface area contributed by atoms with Crippen LogP contribution in [-0.4, -0.2) is 27.3 Å². The average Bonchev–Trinajstić information content (AvgIpc) is 2.44. The van der Waals surface area contributed by atoms with E-state index in [2.05, 4.69) is 5.32 Å². The van der Waals surface area contributed by atoms with Crippen LogP contribution in [0.1, 0.15) is 31.4 Å². The second-order valence-electron chi connectivity index (χ2n) is 4.73. The second-order valence-corrected chi connectivity index (χ2v) is 6.56. The number of alkyl halides is 2. The van der Waals surface area contributed by atoms with Crippen molar-refractivity contribution in [1.82, 2.24) is 5.32 Å². The van der Waals surface area contributed by atoms with Crippen LogP contribution in [0.4, 0.5) is 14.5 Å². The highest BCUT2D eigenvalue weighted by Crippen LogP contribution is 2.36. The van der Waals surface area contributed by atoms with Gasteiger partial charge in [-0.3, -0.25) is 4.31 Å². The third-order valence-electron chi connectivity index (χ3n) is 3.37. The summed E-state index contributed by atoms with van der Waals surface area (Å²) in [6, 6.07) is 6.83. The smallest absolute Gasteiger partial charge is 0.310 e. The lowest BCUT2D eigenvalue weighted by molar-refractivity contribution is 0.234. The number of para-hydroxylation sites is 1. The quantitative estimate of drug-likeness (QED) is 0.909. The maximum Gasteiger partial charge on any atom is 0.355 e. The van der Waals surface area contributed by atoms with Gasteiger partial charge < -0.3 is 5.32 Å². The summed E-state index contributed by atoms with van der Waals surface area (Å²) in [6.45, 7) is 2.92. The van der Waals surface area contributed by atoms with E-state index in [-0.39, 0.29) is 12.6 Å². The van der Waals surface area contributed by atoms with E-state index in [1.165, 1.54) is 0 Å². The van der Waals surface area contributed by atoms with Crippen molar-refractivity contribution in [2.75, 3.05) is 17.4 Å². The van der Waals surface area contributed by atoms with Crippen LogP contribution in [0, 0.1) is 0 Å². The Morgan fingerprint density at radius 2 is 2.10 bits per heavy atom. The summed E-state index contributed by atoms with van der Waals surface area (Å²) in [7, 11) is -4.59. The molecule has 0 aromatic heterocycles. The van der Waals surface area contributed by atoms with E-state index in [0.29, 0.717) is 12.1 Å². The number of sulfonamides is 1. The predicted molar refractivity (Wildman–Crippen MR) is 74.4 cm³/mol. The number of anilines is 1. The van der Waals surface area contributed by atoms with E-state index < -0.39 is 15.8 Å². The molecule has 1 N–H and O–H groups in total. The third-order valence-corrected chi connectivity index (χ3v) is 4.82. The molecule has 0 radical (unpaired) electrons. The summed E-state index contributed by atoms with van der Waals surface area (Å²) >= 11 is 0. The maximum absolute atomic E-state index is 12.7. The number of halogens is 2. The highest BCUT2D eigenvalue weighted by Gasteiger charge is 2.37. The molecule has 0 amide bonds. The van der Waals surface area contributed by atoms with Crippen LogP contribution in [-0.2, 0) is 10.0 Å². The van der Waals surface area contributed by atoms with Crippen molar-refractivity contribution in [3.05, 3.63) is 29.8 Å². The minimum Gasteiger partial charge on any atom is -0.310 e. The average molecular weight is 304 g/mol. The van der Waals surface area contributed by atoms with E-state index in [0.717, 1.165) is 22.8 Å². The molecular weight excluding hydrogens is 286 g/mol. The van der Waals surface area contributed by atoms with Crippen LogP contribution in [0.15, 0.2) is 24.3 Å². The molecule has 1 aliphatic heterocycles. The molecule has 0 bridgehead atoms. The fourth-order valence-electron chi connectivity index (χ4n) is 2.42. The molecule has 2 rings (SSSR count). The monoisotopic (exact) mass is 304 g/mol. The van der Waals surface area contributed by atoms with Crippen molar-refractivity contribution in [1.29, 1.82) is 0 Å². The van der Waals surface area contributed by atoms with Crippen molar-refractivity contribution in [3.63, 3.8) is 0 Å². The molecule has 0 fully saturated rings. The summed E-state index contributed by atoms with van der Waals surface area (Å²) < 4.78 is 49.8. The van der Waals surface area contributed by atoms with Crippen molar-refractivity contribution >= 4 is 15.7 Å². The van der Waals surface area contributed by atoms with Gasteiger partial charge in [0.15, 0.2) is 0 Å². The van der Waals surface area contributed by atoms with E-state index in [4.69, 9.17) is 0 Å². The Bertz CT molecular complexity index is 563. The zero-order valence-electron chi connectivity index (χ0n) is 11.2. The standard InChI is InChI=1S/C13H18F2N2O2S/c1-2-8-16-11-7-9-17(20(18,19)13(14)15)12-6-4-3-5-10(11)12/h3-6,11,13,16H,2,7-9H2,1H3. The van der Waals surface area contributed by atoms with Gasteiger partial charge in [0.2, 0.25) is 0 Å². The van der Waals surface area contributed by atoms with Crippen LogP contribution < -0.4 is 9.62 Å². The van der Waals surface area contributed by atoms with Gasteiger partial charge in [-0.2, -0.15) is 8.78 Å². The summed E-state index contributed by atoms with van der Waals surface area (Å²) in [5.41, 5.74) is 1.11. The molecule has 0 aliphatic carbocycles. The van der Waals surface area contributed by atoms with Crippen molar-refractivity contribution < 1.29 is 17.2 Å². The van der Waals surface area contributed by atoms with Crippen molar-refractivity contribution in [3.8, 4) is 0 Å². The Labute approximate surface area is 117 Å². The molecule has 0 saturated heterocycles. The van der Waals surface area contributed by atoms with Gasteiger partial charge in [0.25, 0.3) is 10.0 Å². The SMILES string of the molecule is CCCNC1CCN(S(=O)(=O)C(F)F)c2ccccc21. The first-order chi connectivity index (χ1) is 9.48. The molecule has 1 aromatic carbocycles. The number of rotatable bonds is 5. The Morgan fingerprint density at radius 1 is 1.40 bits per heavy atom. The summed E-state index contributed by atoms with van der Waals surface area (Å²) in [6.07, 6.45) is 1.45. The Balaban J connectivity index is 2.37. The zero-order chi connectivity index (χ0) is 14.8. The first-order valence-electron chi connectivity index (χ1n) is 6.60. The van der Waals surface area contributed by atoms with Gasteiger partial charge in [0.1, 0.15) is 0 Å². The highest BCUT2D eigenvalue weighted by molar-refractivity contribution is 7.93. The number of fused-ring (bicyclic) bond motifs is 1. The van der Waals surface area contributed by atoms with E-state index in [1.807, 2.05) is 6.92 Å². The van der Waals surface area contributed by atoms with E-state index >= 15 is 0 Å². The van der Waals surface area contributed by atoms with Gasteiger partial charge in [0.05, 0.1) is 5.69 Å². The molecule has 1 atom stereocenters. The molecule has 1 unspecified atom stereocenters. The van der Waals surface area contributed by atoms with Gasteiger partial charge in [-0.1, -0.05) is 25.1 Å². The second kappa shape index (κ2) is 6.05. The molecule has 4 nitrogen and oxygen atoms in total. The molecule has 20 heavy (non-hydrogen) atoms. The minimum atomic E-state index is -4.59. The topological polar surface area (TPSA) is 49.4 Å². The van der Waals surface area contributed by atoms with Crippen LogP contribution in [0.2, 0.25) is 0 Å². The largest absolute Gasteiger partial charge is 0.355 e. The summed E-state index contributed by atoms with van der Waals surface area (Å²) in [5.74, 6) is -3.39. The van der Waals surface area contributed by atoms with Gasteiger partial charge >= 0.3 is 5.76 Å².